The number of rotatable bonds is 5. The number of ether oxygens (including phenoxy) is 1. The number of methoxy groups -OCH3 is 1. The number of halogens is 2. The predicted octanol–water partition coefficient (Wildman–Crippen LogP) is 3.06. The van der Waals surface area contributed by atoms with Gasteiger partial charge in [-0.25, -0.2) is 13.1 Å². The highest BCUT2D eigenvalue weighted by Crippen LogP contribution is 2.31. The Morgan fingerprint density at radius 1 is 1.18 bits per heavy atom. The molecule has 2 aromatic rings. The molecule has 0 aliphatic carbocycles. The molecule has 0 atom stereocenters. The third-order valence-electron chi connectivity index (χ3n) is 2.93. The third-order valence-corrected chi connectivity index (χ3v) is 5.08. The van der Waals surface area contributed by atoms with Crippen molar-refractivity contribution >= 4 is 38.9 Å². The van der Waals surface area contributed by atoms with Crippen molar-refractivity contribution in [3.05, 3.63) is 52.0 Å². The average molecular weight is 361 g/mol. The Hall–Kier alpha value is -1.47. The van der Waals surface area contributed by atoms with E-state index in [-0.39, 0.29) is 27.2 Å². The van der Waals surface area contributed by atoms with Crippen molar-refractivity contribution in [2.75, 3.05) is 12.8 Å². The summed E-state index contributed by atoms with van der Waals surface area (Å²) in [5.41, 5.74) is 6.48. The molecule has 5 nitrogen and oxygen atoms in total. The molecule has 0 amide bonds. The highest BCUT2D eigenvalue weighted by Gasteiger charge is 2.21. The van der Waals surface area contributed by atoms with Crippen LogP contribution < -0.4 is 15.2 Å². The molecular weight excluding hydrogens is 347 g/mol. The monoisotopic (exact) mass is 360 g/mol. The number of nitrogen functional groups attached to an aromatic ring is 1. The predicted molar refractivity (Wildman–Crippen MR) is 87.9 cm³/mol. The van der Waals surface area contributed by atoms with Crippen molar-refractivity contribution in [2.45, 2.75) is 11.4 Å². The van der Waals surface area contributed by atoms with Crippen molar-refractivity contribution < 1.29 is 13.2 Å². The van der Waals surface area contributed by atoms with Gasteiger partial charge < -0.3 is 10.5 Å². The van der Waals surface area contributed by atoms with Crippen LogP contribution in [-0.2, 0) is 16.6 Å². The summed E-state index contributed by atoms with van der Waals surface area (Å²) < 4.78 is 32.2. The Labute approximate surface area is 139 Å². The topological polar surface area (TPSA) is 81.4 Å². The quantitative estimate of drug-likeness (QED) is 0.802. The Balaban J connectivity index is 2.21. The SMILES string of the molecule is COc1ccc(CNS(=O)(=O)c2c(N)cc(Cl)cc2Cl)cc1. The Morgan fingerprint density at radius 2 is 1.82 bits per heavy atom. The third kappa shape index (κ3) is 3.84. The maximum absolute atomic E-state index is 12.3. The minimum atomic E-state index is -3.85. The fourth-order valence-corrected chi connectivity index (χ4v) is 3.86. The van der Waals surface area contributed by atoms with Crippen LogP contribution in [0.15, 0.2) is 41.3 Å². The van der Waals surface area contributed by atoms with Crippen LogP contribution in [0.3, 0.4) is 0 Å². The zero-order chi connectivity index (χ0) is 16.3. The number of nitrogens with one attached hydrogen (secondary N) is 1. The lowest BCUT2D eigenvalue weighted by molar-refractivity contribution is 0.414. The molecule has 0 aromatic heterocycles. The minimum absolute atomic E-state index is 0.000249. The number of hydrogen-bond donors (Lipinski definition) is 2. The van der Waals surface area contributed by atoms with E-state index in [4.69, 9.17) is 33.7 Å². The fraction of sp³-hybridized carbons (Fsp3) is 0.143. The van der Waals surface area contributed by atoms with Gasteiger partial charge in [-0.15, -0.1) is 0 Å². The van der Waals surface area contributed by atoms with E-state index in [2.05, 4.69) is 4.72 Å². The van der Waals surface area contributed by atoms with Crippen LogP contribution in [0.5, 0.6) is 5.75 Å². The molecule has 3 N–H and O–H groups in total. The summed E-state index contributed by atoms with van der Waals surface area (Å²) in [6, 6.07) is 9.68. The summed E-state index contributed by atoms with van der Waals surface area (Å²) in [7, 11) is -2.29. The molecule has 2 aromatic carbocycles. The van der Waals surface area contributed by atoms with Gasteiger partial charge in [0.2, 0.25) is 10.0 Å². The molecule has 2 rings (SSSR count). The van der Waals surface area contributed by atoms with Crippen molar-refractivity contribution in [1.82, 2.24) is 4.72 Å². The molecule has 8 heteroatoms. The van der Waals surface area contributed by atoms with E-state index in [1.807, 2.05) is 0 Å². The summed E-state index contributed by atoms with van der Waals surface area (Å²) in [4.78, 5) is -0.174. The molecule has 0 fully saturated rings. The lowest BCUT2D eigenvalue weighted by atomic mass is 10.2. The maximum Gasteiger partial charge on any atom is 0.244 e. The molecule has 0 saturated heterocycles. The second-order valence-electron chi connectivity index (χ2n) is 4.48. The van der Waals surface area contributed by atoms with Gasteiger partial charge in [-0.05, 0) is 29.8 Å². The van der Waals surface area contributed by atoms with Gasteiger partial charge in [0.1, 0.15) is 10.6 Å². The van der Waals surface area contributed by atoms with E-state index < -0.39 is 10.0 Å². The summed E-state index contributed by atoms with van der Waals surface area (Å²) in [6.07, 6.45) is 0. The lowest BCUT2D eigenvalue weighted by Crippen LogP contribution is -2.24. The van der Waals surface area contributed by atoms with Gasteiger partial charge in [-0.1, -0.05) is 35.3 Å². The normalized spacial score (nSPS) is 11.4. The van der Waals surface area contributed by atoms with Crippen LogP contribution >= 0.6 is 23.2 Å². The largest absolute Gasteiger partial charge is 0.497 e. The van der Waals surface area contributed by atoms with Gasteiger partial charge in [-0.3, -0.25) is 0 Å². The molecule has 118 valence electrons. The maximum atomic E-state index is 12.3. The molecule has 0 aliphatic heterocycles. The molecule has 0 saturated carbocycles. The van der Waals surface area contributed by atoms with Crippen molar-refractivity contribution in [1.29, 1.82) is 0 Å². The Kier molecular flexibility index (Phi) is 5.18. The van der Waals surface area contributed by atoms with Crippen LogP contribution in [-0.4, -0.2) is 15.5 Å². The summed E-state index contributed by atoms with van der Waals surface area (Å²) in [5, 5.41) is 0.254. The van der Waals surface area contributed by atoms with Gasteiger partial charge >= 0.3 is 0 Å². The second kappa shape index (κ2) is 6.75. The van der Waals surface area contributed by atoms with Crippen LogP contribution in [0.25, 0.3) is 0 Å². The first kappa shape index (κ1) is 16.9. The highest BCUT2D eigenvalue weighted by molar-refractivity contribution is 7.89. The van der Waals surface area contributed by atoms with E-state index in [9.17, 15) is 8.42 Å². The number of sulfonamides is 1. The van der Waals surface area contributed by atoms with E-state index in [0.717, 1.165) is 5.56 Å². The van der Waals surface area contributed by atoms with Gasteiger partial charge in [0.25, 0.3) is 0 Å². The molecule has 0 radical (unpaired) electrons. The molecule has 0 aliphatic rings. The minimum Gasteiger partial charge on any atom is -0.497 e. The van der Waals surface area contributed by atoms with Crippen LogP contribution in [0.4, 0.5) is 5.69 Å². The molecule has 22 heavy (non-hydrogen) atoms. The summed E-state index contributed by atoms with van der Waals surface area (Å²) in [5.74, 6) is 0.691. The van der Waals surface area contributed by atoms with E-state index in [1.165, 1.54) is 12.1 Å². The zero-order valence-corrected chi connectivity index (χ0v) is 14.0. The molecule has 0 unspecified atom stereocenters. The number of benzene rings is 2. The average Bonchev–Trinajstić information content (AvgIpc) is 2.44. The first-order valence-electron chi connectivity index (χ1n) is 6.20. The summed E-state index contributed by atoms with van der Waals surface area (Å²) >= 11 is 11.7. The number of anilines is 1. The molecule has 0 heterocycles. The number of hydrogen-bond acceptors (Lipinski definition) is 4. The van der Waals surface area contributed by atoms with E-state index in [1.54, 1.807) is 31.4 Å². The van der Waals surface area contributed by atoms with Crippen molar-refractivity contribution in [3.8, 4) is 5.75 Å². The lowest BCUT2D eigenvalue weighted by Gasteiger charge is -2.11. The second-order valence-corrected chi connectivity index (χ2v) is 7.03. The molecule has 0 bridgehead atoms. The van der Waals surface area contributed by atoms with Gasteiger partial charge in [0.15, 0.2) is 0 Å². The van der Waals surface area contributed by atoms with Crippen molar-refractivity contribution in [3.63, 3.8) is 0 Å². The van der Waals surface area contributed by atoms with Crippen molar-refractivity contribution in [2.24, 2.45) is 0 Å². The van der Waals surface area contributed by atoms with Crippen LogP contribution in [0.1, 0.15) is 5.56 Å². The first-order valence-corrected chi connectivity index (χ1v) is 8.44. The van der Waals surface area contributed by atoms with Crippen LogP contribution in [0.2, 0.25) is 10.0 Å². The highest BCUT2D eigenvalue weighted by atomic mass is 35.5. The Morgan fingerprint density at radius 3 is 2.36 bits per heavy atom. The first-order chi connectivity index (χ1) is 10.3. The van der Waals surface area contributed by atoms with Crippen LogP contribution in [0, 0.1) is 0 Å². The Bertz CT molecular complexity index is 754. The fourth-order valence-electron chi connectivity index (χ4n) is 1.86. The summed E-state index contributed by atoms with van der Waals surface area (Å²) in [6.45, 7) is 0.102. The molecular formula is C14H14Cl2N2O3S. The number of nitrogens with two attached hydrogens (primary N) is 1. The smallest absolute Gasteiger partial charge is 0.244 e. The molecule has 0 spiro atoms. The standard InChI is InChI=1S/C14H14Cl2N2O3S/c1-21-11-4-2-9(3-5-11)8-18-22(19,20)14-12(16)6-10(15)7-13(14)17/h2-7,18H,8,17H2,1H3. The van der Waals surface area contributed by atoms with Gasteiger partial charge in [0.05, 0.1) is 17.8 Å². The van der Waals surface area contributed by atoms with Gasteiger partial charge in [-0.2, -0.15) is 0 Å². The van der Waals surface area contributed by atoms with Gasteiger partial charge in [0, 0.05) is 11.6 Å². The van der Waals surface area contributed by atoms with E-state index in [0.29, 0.717) is 5.75 Å². The zero-order valence-electron chi connectivity index (χ0n) is 11.6. The van der Waals surface area contributed by atoms with E-state index >= 15 is 0 Å².